The van der Waals surface area contributed by atoms with Crippen molar-refractivity contribution in [3.05, 3.63) is 63.7 Å². The first-order valence-electron chi connectivity index (χ1n) is 12.6. The molecule has 14 heteroatoms. The number of rotatable bonds is 10. The maximum atomic E-state index is 14.3. The number of hydrogen-bond acceptors (Lipinski definition) is 9. The number of nitrogens with two attached hydrogens (primary N) is 1. The maximum Gasteiger partial charge on any atom is 0.408 e. The van der Waals surface area contributed by atoms with Gasteiger partial charge in [0.2, 0.25) is 5.91 Å². The number of aromatic nitrogens is 1. The summed E-state index contributed by atoms with van der Waals surface area (Å²) in [5.41, 5.74) is 5.95. The molecule has 224 valence electrons. The Morgan fingerprint density at radius 3 is 2.62 bits per heavy atom. The van der Waals surface area contributed by atoms with Crippen LogP contribution in [0.1, 0.15) is 49.7 Å². The summed E-state index contributed by atoms with van der Waals surface area (Å²) < 4.78 is 26.0. The Hall–Kier alpha value is -4.51. The second-order valence-corrected chi connectivity index (χ2v) is 10.9. The first kappa shape index (κ1) is 33.7. The third-order valence-corrected chi connectivity index (χ3v) is 5.73. The van der Waals surface area contributed by atoms with Gasteiger partial charge in [-0.3, -0.25) is 14.6 Å². The molecule has 42 heavy (non-hydrogen) atoms. The average Bonchev–Trinajstić information content (AvgIpc) is 2.90. The Morgan fingerprint density at radius 1 is 1.31 bits per heavy atom. The number of anilines is 1. The van der Waals surface area contributed by atoms with Crippen LogP contribution in [0.4, 0.5) is 15.0 Å². The first-order chi connectivity index (χ1) is 19.6. The standard InChI is InChI=1S/C28H33BrFN7O5/c1-16(22-10-18(30)7-8-21(22)26(39)37(6)15-19(32)11-20(12-31)33-5)41-23-9-17(29)13-34-25(23)36-24(38)14-35-27(40)42-28(2,3)4/h7-11,13,16H,14-15,32H2,1-6H3,(H,35,40)(H,34,36,38)/t16-/m1/s1. The van der Waals surface area contributed by atoms with E-state index in [9.17, 15) is 18.8 Å². The van der Waals surface area contributed by atoms with Crippen LogP contribution >= 0.6 is 15.9 Å². The number of hydrogen-bond donors (Lipinski definition) is 3. The van der Waals surface area contributed by atoms with Crippen LogP contribution < -0.4 is 21.1 Å². The molecule has 4 N–H and O–H groups in total. The summed E-state index contributed by atoms with van der Waals surface area (Å²) in [5, 5.41) is 14.0. The van der Waals surface area contributed by atoms with Crippen LogP contribution in [0.2, 0.25) is 0 Å². The summed E-state index contributed by atoms with van der Waals surface area (Å²) in [7, 11) is 2.95. The van der Waals surface area contributed by atoms with E-state index in [0.717, 1.165) is 6.07 Å². The van der Waals surface area contributed by atoms with Crippen molar-refractivity contribution in [2.75, 3.05) is 32.5 Å². The summed E-state index contributed by atoms with van der Waals surface area (Å²) >= 11 is 3.31. The number of aliphatic imine (C=N–C) groups is 1. The number of benzene rings is 1. The van der Waals surface area contributed by atoms with Gasteiger partial charge in [-0.05, 0) is 74.0 Å². The van der Waals surface area contributed by atoms with Crippen molar-refractivity contribution < 1.29 is 28.2 Å². The normalized spacial score (nSPS) is 12.5. The largest absolute Gasteiger partial charge is 0.482 e. The van der Waals surface area contributed by atoms with Crippen LogP contribution in [-0.2, 0) is 9.53 Å². The van der Waals surface area contributed by atoms with Gasteiger partial charge in [0.25, 0.3) is 5.91 Å². The van der Waals surface area contributed by atoms with Crippen LogP contribution in [-0.4, -0.2) is 66.3 Å². The van der Waals surface area contributed by atoms with Gasteiger partial charge in [0.1, 0.15) is 35.8 Å². The molecule has 2 aromatic rings. The van der Waals surface area contributed by atoms with E-state index in [1.807, 2.05) is 6.07 Å². The van der Waals surface area contributed by atoms with E-state index in [4.69, 9.17) is 20.5 Å². The minimum absolute atomic E-state index is 0.0192. The number of amides is 3. The summed E-state index contributed by atoms with van der Waals surface area (Å²) in [6.07, 6.45) is 1.14. The molecule has 0 unspecified atom stereocenters. The molecular weight excluding hydrogens is 613 g/mol. The highest BCUT2D eigenvalue weighted by Crippen LogP contribution is 2.32. The smallest absolute Gasteiger partial charge is 0.408 e. The molecular formula is C28H33BrFN7O5. The lowest BCUT2D eigenvalue weighted by atomic mass is 10.0. The molecule has 2 rings (SSSR count). The van der Waals surface area contributed by atoms with Crippen molar-refractivity contribution in [1.82, 2.24) is 15.2 Å². The second kappa shape index (κ2) is 14.9. The molecule has 0 aliphatic carbocycles. The lowest BCUT2D eigenvalue weighted by Gasteiger charge is -2.23. The fraction of sp³-hybridized carbons (Fsp3) is 0.357. The highest BCUT2D eigenvalue weighted by atomic mass is 79.9. The fourth-order valence-corrected chi connectivity index (χ4v) is 3.80. The van der Waals surface area contributed by atoms with Crippen molar-refractivity contribution in [1.29, 1.82) is 5.26 Å². The van der Waals surface area contributed by atoms with E-state index in [1.165, 1.54) is 43.4 Å². The molecule has 0 spiro atoms. The van der Waals surface area contributed by atoms with Crippen molar-refractivity contribution in [3.63, 3.8) is 0 Å². The first-order valence-corrected chi connectivity index (χ1v) is 13.4. The highest BCUT2D eigenvalue weighted by molar-refractivity contribution is 9.10. The van der Waals surface area contributed by atoms with Crippen molar-refractivity contribution in [3.8, 4) is 11.8 Å². The topological polar surface area (TPSA) is 172 Å². The summed E-state index contributed by atoms with van der Waals surface area (Å²) in [6, 6.07) is 7.09. The molecule has 3 amide bonds. The molecule has 0 fully saturated rings. The SMILES string of the molecule is CN=C(C#N)C=C(N)CN(C)C(=O)c1ccc(F)cc1[C@@H](C)Oc1cc(Br)cnc1NC(=O)CNC(=O)OC(C)(C)C. The lowest BCUT2D eigenvalue weighted by molar-refractivity contribution is -0.115. The summed E-state index contributed by atoms with van der Waals surface area (Å²) in [5.74, 6) is -1.52. The fourth-order valence-electron chi connectivity index (χ4n) is 3.49. The van der Waals surface area contributed by atoms with E-state index in [-0.39, 0.29) is 40.6 Å². The molecule has 1 aromatic carbocycles. The minimum atomic E-state index is -0.884. The Balaban J connectivity index is 2.25. The molecule has 0 saturated carbocycles. The predicted octanol–water partition coefficient (Wildman–Crippen LogP) is 4.10. The number of carbonyl (C=O) groups is 3. The maximum absolute atomic E-state index is 14.3. The van der Waals surface area contributed by atoms with E-state index < -0.39 is 42.0 Å². The summed E-state index contributed by atoms with van der Waals surface area (Å²) in [6.45, 7) is 6.27. The van der Waals surface area contributed by atoms with Gasteiger partial charge < -0.3 is 30.7 Å². The minimum Gasteiger partial charge on any atom is -0.482 e. The zero-order valence-corrected chi connectivity index (χ0v) is 25.7. The average molecular weight is 647 g/mol. The van der Waals surface area contributed by atoms with E-state index in [2.05, 4.69) is 36.5 Å². The van der Waals surface area contributed by atoms with Gasteiger partial charge in [-0.25, -0.2) is 14.2 Å². The number of nitrogens with one attached hydrogen (secondary N) is 2. The zero-order chi connectivity index (χ0) is 31.6. The third kappa shape index (κ3) is 10.5. The van der Waals surface area contributed by atoms with Gasteiger partial charge in [-0.1, -0.05) is 0 Å². The number of nitrogens with zero attached hydrogens (tertiary/aromatic N) is 4. The predicted molar refractivity (Wildman–Crippen MR) is 158 cm³/mol. The van der Waals surface area contributed by atoms with Gasteiger partial charge in [0, 0.05) is 41.6 Å². The Labute approximate surface area is 251 Å². The van der Waals surface area contributed by atoms with E-state index in [0.29, 0.717) is 4.47 Å². The van der Waals surface area contributed by atoms with E-state index in [1.54, 1.807) is 33.8 Å². The van der Waals surface area contributed by atoms with Crippen LogP contribution in [0.25, 0.3) is 0 Å². The number of allylic oxidation sites excluding steroid dienone is 1. The van der Waals surface area contributed by atoms with E-state index >= 15 is 0 Å². The van der Waals surface area contributed by atoms with Gasteiger partial charge in [0.05, 0.1) is 6.54 Å². The van der Waals surface area contributed by atoms with Gasteiger partial charge in [0.15, 0.2) is 11.6 Å². The molecule has 12 nitrogen and oxygen atoms in total. The van der Waals surface area contributed by atoms with Gasteiger partial charge in [-0.2, -0.15) is 5.26 Å². The number of halogens is 2. The second-order valence-electron chi connectivity index (χ2n) is 10.00. The van der Waals surface area contributed by atoms with Crippen molar-refractivity contribution >= 4 is 45.4 Å². The zero-order valence-electron chi connectivity index (χ0n) is 24.1. The molecule has 0 aliphatic rings. The molecule has 1 atom stereocenters. The van der Waals surface area contributed by atoms with Crippen LogP contribution in [0.5, 0.6) is 5.75 Å². The molecule has 0 saturated heterocycles. The van der Waals surface area contributed by atoms with Crippen molar-refractivity contribution in [2.45, 2.75) is 39.4 Å². The van der Waals surface area contributed by atoms with Gasteiger partial charge >= 0.3 is 6.09 Å². The quantitative estimate of drug-likeness (QED) is 0.324. The molecule has 1 aromatic heterocycles. The van der Waals surface area contributed by atoms with Crippen LogP contribution in [0.3, 0.4) is 0 Å². The van der Waals surface area contributed by atoms with Crippen molar-refractivity contribution in [2.24, 2.45) is 10.7 Å². The molecule has 0 bridgehead atoms. The van der Waals surface area contributed by atoms with Crippen LogP contribution in [0.15, 0.2) is 51.7 Å². The van der Waals surface area contributed by atoms with Crippen LogP contribution in [0, 0.1) is 17.1 Å². The number of carbonyl (C=O) groups excluding carboxylic acids is 3. The number of nitriles is 1. The third-order valence-electron chi connectivity index (χ3n) is 5.30. The highest BCUT2D eigenvalue weighted by Gasteiger charge is 2.23. The Kier molecular flexibility index (Phi) is 12.0. The number of pyridine rings is 1. The number of alkyl carbamates (subject to hydrolysis) is 1. The summed E-state index contributed by atoms with van der Waals surface area (Å²) in [4.78, 5) is 47.0. The lowest BCUT2D eigenvalue weighted by Crippen LogP contribution is -2.37. The monoisotopic (exact) mass is 645 g/mol. The Bertz CT molecular complexity index is 1430. The number of likely N-dealkylation sites (N-methyl/N-ethyl adjacent to an activating group) is 1. The van der Waals surface area contributed by atoms with Gasteiger partial charge in [-0.15, -0.1) is 0 Å². The molecule has 0 radical (unpaired) electrons. The number of ether oxygens (including phenoxy) is 2. The Morgan fingerprint density at radius 2 is 2.00 bits per heavy atom. The molecule has 1 heterocycles. The molecule has 0 aliphatic heterocycles.